The van der Waals surface area contributed by atoms with Gasteiger partial charge in [-0.2, -0.15) is 0 Å². The van der Waals surface area contributed by atoms with Crippen LogP contribution in [0.5, 0.6) is 0 Å². The van der Waals surface area contributed by atoms with E-state index in [1.807, 2.05) is 0 Å². The maximum Gasteiger partial charge on any atom is 0.224 e. The first kappa shape index (κ1) is 12.0. The lowest BCUT2D eigenvalue weighted by Crippen LogP contribution is -2.33. The first-order chi connectivity index (χ1) is 8.24. The monoisotopic (exact) mass is 236 g/mol. The Hall–Kier alpha value is -1.42. The molecule has 0 unspecified atom stereocenters. The molecule has 4 heteroatoms. The van der Waals surface area contributed by atoms with Crippen LogP contribution in [0, 0.1) is 5.82 Å². The molecule has 0 spiro atoms. The Morgan fingerprint density at radius 2 is 1.94 bits per heavy atom. The van der Waals surface area contributed by atoms with Crippen molar-refractivity contribution in [2.45, 2.75) is 25.3 Å². The smallest absolute Gasteiger partial charge is 0.224 e. The standard InChI is InChI=1S/C13H17FN2O/c14-11-3-1-10(2-4-11)9-13(17)16-8-7-15-12-5-6-12/h1-4,12,15H,5-9H2,(H,16,17). The third-order valence-electron chi connectivity index (χ3n) is 2.74. The van der Waals surface area contributed by atoms with Crippen LogP contribution in [0.2, 0.25) is 0 Å². The van der Waals surface area contributed by atoms with E-state index in [4.69, 9.17) is 0 Å². The van der Waals surface area contributed by atoms with E-state index in [0.717, 1.165) is 12.1 Å². The summed E-state index contributed by atoms with van der Waals surface area (Å²) in [6.45, 7) is 1.47. The van der Waals surface area contributed by atoms with Crippen molar-refractivity contribution in [1.29, 1.82) is 0 Å². The van der Waals surface area contributed by atoms with Crippen LogP contribution in [0.3, 0.4) is 0 Å². The first-order valence-corrected chi connectivity index (χ1v) is 5.98. The predicted octanol–water partition coefficient (Wildman–Crippen LogP) is 1.24. The molecule has 0 radical (unpaired) electrons. The first-order valence-electron chi connectivity index (χ1n) is 5.98. The van der Waals surface area contributed by atoms with E-state index in [1.165, 1.54) is 25.0 Å². The summed E-state index contributed by atoms with van der Waals surface area (Å²) in [6, 6.07) is 6.69. The van der Waals surface area contributed by atoms with E-state index < -0.39 is 0 Å². The zero-order chi connectivity index (χ0) is 12.1. The van der Waals surface area contributed by atoms with Gasteiger partial charge in [0.2, 0.25) is 5.91 Å². The second kappa shape index (κ2) is 5.77. The van der Waals surface area contributed by atoms with Crippen LogP contribution in [0.1, 0.15) is 18.4 Å². The minimum atomic E-state index is -0.275. The summed E-state index contributed by atoms with van der Waals surface area (Å²) in [5.41, 5.74) is 0.832. The van der Waals surface area contributed by atoms with Gasteiger partial charge in [0.25, 0.3) is 0 Å². The Morgan fingerprint density at radius 1 is 1.24 bits per heavy atom. The SMILES string of the molecule is O=C(Cc1ccc(F)cc1)NCCNC1CC1. The molecule has 17 heavy (non-hydrogen) atoms. The van der Waals surface area contributed by atoms with Crippen molar-refractivity contribution in [3.63, 3.8) is 0 Å². The molecule has 1 fully saturated rings. The highest BCUT2D eigenvalue weighted by molar-refractivity contribution is 5.78. The Bertz CT molecular complexity index is 374. The average molecular weight is 236 g/mol. The molecule has 0 atom stereocenters. The number of benzene rings is 1. The van der Waals surface area contributed by atoms with E-state index >= 15 is 0 Å². The summed E-state index contributed by atoms with van der Waals surface area (Å²) in [4.78, 5) is 11.5. The van der Waals surface area contributed by atoms with Gasteiger partial charge in [0.05, 0.1) is 6.42 Å². The number of hydrogen-bond acceptors (Lipinski definition) is 2. The van der Waals surface area contributed by atoms with Crippen LogP contribution in [0.15, 0.2) is 24.3 Å². The van der Waals surface area contributed by atoms with Crippen LogP contribution < -0.4 is 10.6 Å². The third-order valence-corrected chi connectivity index (χ3v) is 2.74. The number of carbonyl (C=O) groups excluding carboxylic acids is 1. The lowest BCUT2D eigenvalue weighted by atomic mass is 10.1. The number of nitrogens with one attached hydrogen (secondary N) is 2. The molecule has 1 aliphatic carbocycles. The Balaban J connectivity index is 1.63. The topological polar surface area (TPSA) is 41.1 Å². The maximum atomic E-state index is 12.6. The Kier molecular flexibility index (Phi) is 4.09. The second-order valence-electron chi connectivity index (χ2n) is 4.38. The molecule has 1 amide bonds. The van der Waals surface area contributed by atoms with Crippen molar-refractivity contribution >= 4 is 5.91 Å². The number of amides is 1. The van der Waals surface area contributed by atoms with Gasteiger partial charge in [-0.15, -0.1) is 0 Å². The van der Waals surface area contributed by atoms with Crippen LogP contribution >= 0.6 is 0 Å². The predicted molar refractivity (Wildman–Crippen MR) is 64.1 cm³/mol. The van der Waals surface area contributed by atoms with Gasteiger partial charge in [-0.05, 0) is 30.5 Å². The molecule has 1 saturated carbocycles. The second-order valence-corrected chi connectivity index (χ2v) is 4.38. The van der Waals surface area contributed by atoms with Crippen molar-refractivity contribution in [1.82, 2.24) is 10.6 Å². The summed E-state index contributed by atoms with van der Waals surface area (Å²) in [7, 11) is 0. The molecule has 0 heterocycles. The molecular formula is C13H17FN2O. The quantitative estimate of drug-likeness (QED) is 0.730. The van der Waals surface area contributed by atoms with Crippen LogP contribution in [-0.4, -0.2) is 25.0 Å². The van der Waals surface area contributed by atoms with Crippen molar-refractivity contribution in [2.75, 3.05) is 13.1 Å². The fourth-order valence-corrected chi connectivity index (χ4v) is 1.62. The van der Waals surface area contributed by atoms with E-state index in [9.17, 15) is 9.18 Å². The molecule has 2 rings (SSSR count). The highest BCUT2D eigenvalue weighted by atomic mass is 19.1. The van der Waals surface area contributed by atoms with Gasteiger partial charge < -0.3 is 10.6 Å². The van der Waals surface area contributed by atoms with Gasteiger partial charge in [-0.1, -0.05) is 12.1 Å². The molecule has 0 aromatic heterocycles. The summed E-state index contributed by atoms with van der Waals surface area (Å²) in [5, 5.41) is 6.15. The van der Waals surface area contributed by atoms with Crippen molar-refractivity contribution in [3.05, 3.63) is 35.6 Å². The number of hydrogen-bond donors (Lipinski definition) is 2. The molecule has 1 aliphatic rings. The molecule has 92 valence electrons. The van der Waals surface area contributed by atoms with E-state index in [-0.39, 0.29) is 11.7 Å². The summed E-state index contributed by atoms with van der Waals surface area (Å²) < 4.78 is 12.6. The Morgan fingerprint density at radius 3 is 2.59 bits per heavy atom. The maximum absolute atomic E-state index is 12.6. The van der Waals surface area contributed by atoms with E-state index in [0.29, 0.717) is 19.0 Å². The summed E-state index contributed by atoms with van der Waals surface area (Å²) >= 11 is 0. The van der Waals surface area contributed by atoms with E-state index in [2.05, 4.69) is 10.6 Å². The van der Waals surface area contributed by atoms with E-state index in [1.54, 1.807) is 12.1 Å². The van der Waals surface area contributed by atoms with Crippen molar-refractivity contribution < 1.29 is 9.18 Å². The molecular weight excluding hydrogens is 219 g/mol. The number of carbonyl (C=O) groups is 1. The molecule has 1 aromatic carbocycles. The summed E-state index contributed by atoms with van der Waals surface area (Å²) in [5.74, 6) is -0.294. The lowest BCUT2D eigenvalue weighted by molar-refractivity contribution is -0.120. The normalized spacial score (nSPS) is 14.6. The van der Waals surface area contributed by atoms with Gasteiger partial charge in [-0.25, -0.2) is 4.39 Å². The van der Waals surface area contributed by atoms with Gasteiger partial charge in [0.15, 0.2) is 0 Å². The van der Waals surface area contributed by atoms with Crippen molar-refractivity contribution in [2.24, 2.45) is 0 Å². The minimum Gasteiger partial charge on any atom is -0.355 e. The Labute approximate surface area is 100 Å². The zero-order valence-corrected chi connectivity index (χ0v) is 9.71. The van der Waals surface area contributed by atoms with Crippen LogP contribution in [-0.2, 0) is 11.2 Å². The molecule has 0 saturated heterocycles. The fraction of sp³-hybridized carbons (Fsp3) is 0.462. The van der Waals surface area contributed by atoms with Gasteiger partial charge in [0, 0.05) is 19.1 Å². The van der Waals surface area contributed by atoms with Crippen molar-refractivity contribution in [3.8, 4) is 0 Å². The average Bonchev–Trinajstić information content (AvgIpc) is 3.12. The molecule has 1 aromatic rings. The number of halogens is 1. The number of rotatable bonds is 6. The largest absolute Gasteiger partial charge is 0.355 e. The highest BCUT2D eigenvalue weighted by Crippen LogP contribution is 2.17. The van der Waals surface area contributed by atoms with Gasteiger partial charge >= 0.3 is 0 Å². The zero-order valence-electron chi connectivity index (χ0n) is 9.71. The van der Waals surface area contributed by atoms with Gasteiger partial charge in [0.1, 0.15) is 5.82 Å². The van der Waals surface area contributed by atoms with Gasteiger partial charge in [-0.3, -0.25) is 4.79 Å². The molecule has 0 bridgehead atoms. The summed E-state index contributed by atoms with van der Waals surface area (Å²) in [6.07, 6.45) is 2.82. The highest BCUT2D eigenvalue weighted by Gasteiger charge is 2.19. The minimum absolute atomic E-state index is 0.0193. The fourth-order valence-electron chi connectivity index (χ4n) is 1.62. The molecule has 0 aliphatic heterocycles. The third kappa shape index (κ3) is 4.53. The lowest BCUT2D eigenvalue weighted by Gasteiger charge is -2.06. The molecule has 3 nitrogen and oxygen atoms in total. The molecule has 2 N–H and O–H groups in total. The van der Waals surface area contributed by atoms with Crippen LogP contribution in [0.4, 0.5) is 4.39 Å². The van der Waals surface area contributed by atoms with Crippen LogP contribution in [0.25, 0.3) is 0 Å².